The first-order valence-electron chi connectivity index (χ1n) is 4.50. The Balaban J connectivity index is 2.43. The zero-order valence-corrected chi connectivity index (χ0v) is 8.99. The third-order valence-corrected chi connectivity index (χ3v) is 1.66. The average Bonchev–Trinajstić information content (AvgIpc) is 2.52. The highest BCUT2D eigenvalue weighted by Crippen LogP contribution is 2.08. The highest BCUT2D eigenvalue weighted by molar-refractivity contribution is 5.91. The summed E-state index contributed by atoms with van der Waals surface area (Å²) in [6.07, 6.45) is 0. The number of aromatic nitrogens is 1. The third-order valence-electron chi connectivity index (χ3n) is 1.66. The van der Waals surface area contributed by atoms with E-state index >= 15 is 0 Å². The number of methoxy groups -OCH3 is 1. The van der Waals surface area contributed by atoms with Crippen molar-refractivity contribution in [1.29, 1.82) is 0 Å². The molecule has 1 N–H and O–H groups in total. The van der Waals surface area contributed by atoms with E-state index in [0.29, 0.717) is 18.2 Å². The van der Waals surface area contributed by atoms with Crippen molar-refractivity contribution in [2.75, 3.05) is 20.3 Å². The van der Waals surface area contributed by atoms with Gasteiger partial charge in [-0.1, -0.05) is 0 Å². The Kier molecular flexibility index (Phi) is 4.26. The van der Waals surface area contributed by atoms with E-state index in [1.54, 1.807) is 21.0 Å². The van der Waals surface area contributed by atoms with Crippen LogP contribution in [0.25, 0.3) is 0 Å². The second-order valence-electron chi connectivity index (χ2n) is 2.92. The van der Waals surface area contributed by atoms with Gasteiger partial charge in [0.2, 0.25) is 5.76 Å². The molecule has 1 amide bonds. The fourth-order valence-electron chi connectivity index (χ4n) is 1.03. The number of hydroxylamine groups is 1. The first-order chi connectivity index (χ1) is 7.15. The number of carbonyl (C=O) groups is 1. The normalized spacial score (nSPS) is 10.3. The van der Waals surface area contributed by atoms with E-state index in [-0.39, 0.29) is 12.4 Å². The van der Waals surface area contributed by atoms with Crippen LogP contribution in [0.2, 0.25) is 0 Å². The predicted octanol–water partition coefficient (Wildman–Crippen LogP) is 0.599. The lowest BCUT2D eigenvalue weighted by atomic mass is 10.4. The van der Waals surface area contributed by atoms with Gasteiger partial charge in [0.25, 0.3) is 0 Å². The number of hydrogen-bond acceptors (Lipinski definition) is 5. The zero-order valence-electron chi connectivity index (χ0n) is 8.99. The van der Waals surface area contributed by atoms with Crippen LogP contribution in [0.5, 0.6) is 0 Å². The van der Waals surface area contributed by atoms with Gasteiger partial charge in [-0.3, -0.25) is 9.63 Å². The maximum Gasteiger partial charge on any atom is 0.312 e. The molecule has 1 rings (SSSR count). The SMILES string of the molecule is COCCONC(=O)c1oc(C)nc1C. The number of amides is 1. The number of nitrogens with one attached hydrogen (secondary N) is 1. The van der Waals surface area contributed by atoms with Crippen LogP contribution in [0.15, 0.2) is 4.42 Å². The Morgan fingerprint density at radius 2 is 2.20 bits per heavy atom. The summed E-state index contributed by atoms with van der Waals surface area (Å²) in [5.74, 6) is 0.184. The highest BCUT2D eigenvalue weighted by Gasteiger charge is 2.15. The van der Waals surface area contributed by atoms with Gasteiger partial charge in [-0.2, -0.15) is 0 Å². The number of rotatable bonds is 5. The summed E-state index contributed by atoms with van der Waals surface area (Å²) in [5.41, 5.74) is 2.78. The molecule has 0 fully saturated rings. The van der Waals surface area contributed by atoms with Crippen LogP contribution in [0.4, 0.5) is 0 Å². The molecule has 84 valence electrons. The van der Waals surface area contributed by atoms with Gasteiger partial charge in [-0.15, -0.1) is 0 Å². The molecule has 1 aromatic rings. The summed E-state index contributed by atoms with van der Waals surface area (Å²) < 4.78 is 9.84. The van der Waals surface area contributed by atoms with Crippen LogP contribution in [0.1, 0.15) is 22.1 Å². The molecule has 0 bridgehead atoms. The molecule has 0 aliphatic heterocycles. The van der Waals surface area contributed by atoms with E-state index in [0.717, 1.165) is 0 Å². The summed E-state index contributed by atoms with van der Waals surface area (Å²) >= 11 is 0. The fourth-order valence-corrected chi connectivity index (χ4v) is 1.03. The quantitative estimate of drug-likeness (QED) is 0.574. The highest BCUT2D eigenvalue weighted by atomic mass is 16.7. The van der Waals surface area contributed by atoms with Crippen molar-refractivity contribution in [3.8, 4) is 0 Å². The molecule has 0 spiro atoms. The van der Waals surface area contributed by atoms with E-state index in [9.17, 15) is 4.79 Å². The van der Waals surface area contributed by atoms with Crippen molar-refractivity contribution in [3.63, 3.8) is 0 Å². The second kappa shape index (κ2) is 5.47. The molecular weight excluding hydrogens is 200 g/mol. The van der Waals surface area contributed by atoms with Crippen molar-refractivity contribution in [3.05, 3.63) is 17.3 Å². The number of ether oxygens (including phenoxy) is 1. The van der Waals surface area contributed by atoms with Crippen LogP contribution >= 0.6 is 0 Å². The minimum atomic E-state index is -0.441. The summed E-state index contributed by atoms with van der Waals surface area (Å²) in [7, 11) is 1.55. The van der Waals surface area contributed by atoms with Gasteiger partial charge in [0.05, 0.1) is 18.9 Å². The fraction of sp³-hybridized carbons (Fsp3) is 0.556. The number of nitrogens with zero attached hydrogens (tertiary/aromatic N) is 1. The van der Waals surface area contributed by atoms with Gasteiger partial charge >= 0.3 is 5.91 Å². The first-order valence-corrected chi connectivity index (χ1v) is 4.50. The maximum atomic E-state index is 11.4. The molecule has 15 heavy (non-hydrogen) atoms. The van der Waals surface area contributed by atoms with E-state index in [1.165, 1.54) is 0 Å². The third kappa shape index (κ3) is 3.34. The van der Waals surface area contributed by atoms with Gasteiger partial charge in [0.15, 0.2) is 5.89 Å². The van der Waals surface area contributed by atoms with Crippen molar-refractivity contribution < 1.29 is 18.8 Å². The molecule has 0 aromatic carbocycles. The van der Waals surface area contributed by atoms with Crippen molar-refractivity contribution in [2.24, 2.45) is 0 Å². The number of oxazole rings is 1. The van der Waals surface area contributed by atoms with Crippen molar-refractivity contribution >= 4 is 5.91 Å². The lowest BCUT2D eigenvalue weighted by Gasteiger charge is -2.03. The van der Waals surface area contributed by atoms with Gasteiger partial charge < -0.3 is 9.15 Å². The number of aryl methyl sites for hydroxylation is 2. The summed E-state index contributed by atoms with van der Waals surface area (Å²) in [6, 6.07) is 0. The molecule has 0 radical (unpaired) electrons. The van der Waals surface area contributed by atoms with Gasteiger partial charge in [-0.25, -0.2) is 10.5 Å². The molecular formula is C9H14N2O4. The van der Waals surface area contributed by atoms with E-state index < -0.39 is 5.91 Å². The number of carbonyl (C=O) groups excluding carboxylic acids is 1. The smallest absolute Gasteiger partial charge is 0.312 e. The van der Waals surface area contributed by atoms with Gasteiger partial charge in [0, 0.05) is 14.0 Å². The standard InChI is InChI=1S/C9H14N2O4/c1-6-8(15-7(2)10-6)9(12)11-14-5-4-13-3/h4-5H2,1-3H3,(H,11,12). The Bertz CT molecular complexity index is 335. The molecule has 0 aliphatic rings. The molecule has 6 nitrogen and oxygen atoms in total. The molecule has 6 heteroatoms. The monoisotopic (exact) mass is 214 g/mol. The minimum absolute atomic E-state index is 0.171. The summed E-state index contributed by atoms with van der Waals surface area (Å²) in [5, 5.41) is 0. The van der Waals surface area contributed by atoms with Crippen LogP contribution < -0.4 is 5.48 Å². The van der Waals surface area contributed by atoms with Crippen molar-refractivity contribution in [1.82, 2.24) is 10.5 Å². The van der Waals surface area contributed by atoms with Crippen molar-refractivity contribution in [2.45, 2.75) is 13.8 Å². The van der Waals surface area contributed by atoms with Crippen LogP contribution in [0, 0.1) is 13.8 Å². The second-order valence-corrected chi connectivity index (χ2v) is 2.92. The predicted molar refractivity (Wildman–Crippen MR) is 51.3 cm³/mol. The molecule has 0 saturated carbocycles. The zero-order chi connectivity index (χ0) is 11.3. The van der Waals surface area contributed by atoms with E-state index in [4.69, 9.17) is 14.0 Å². The molecule has 0 aliphatic carbocycles. The number of hydrogen-bond donors (Lipinski definition) is 1. The lowest BCUT2D eigenvalue weighted by molar-refractivity contribution is 0.00722. The Morgan fingerprint density at radius 1 is 1.47 bits per heavy atom. The average molecular weight is 214 g/mol. The molecule has 0 unspecified atom stereocenters. The van der Waals surface area contributed by atoms with Crippen LogP contribution in [0.3, 0.4) is 0 Å². The van der Waals surface area contributed by atoms with Crippen LogP contribution in [-0.4, -0.2) is 31.2 Å². The largest absolute Gasteiger partial charge is 0.435 e. The Labute approximate surface area is 87.5 Å². The van der Waals surface area contributed by atoms with E-state index in [2.05, 4.69) is 10.5 Å². The summed E-state index contributed by atoms with van der Waals surface area (Å²) in [6.45, 7) is 4.07. The Hall–Kier alpha value is -1.40. The van der Waals surface area contributed by atoms with Gasteiger partial charge in [0.1, 0.15) is 0 Å². The van der Waals surface area contributed by atoms with Gasteiger partial charge in [-0.05, 0) is 6.92 Å². The molecule has 1 heterocycles. The lowest BCUT2D eigenvalue weighted by Crippen LogP contribution is -2.25. The van der Waals surface area contributed by atoms with E-state index in [1.807, 2.05) is 0 Å². The Morgan fingerprint density at radius 3 is 2.73 bits per heavy atom. The first kappa shape index (κ1) is 11.7. The maximum absolute atomic E-state index is 11.4. The summed E-state index contributed by atoms with van der Waals surface area (Å²) in [4.78, 5) is 20.2. The molecule has 0 saturated heterocycles. The van der Waals surface area contributed by atoms with Crippen LogP contribution in [-0.2, 0) is 9.57 Å². The minimum Gasteiger partial charge on any atom is -0.435 e. The molecule has 0 atom stereocenters. The molecule has 1 aromatic heterocycles. The topological polar surface area (TPSA) is 73.6 Å².